The molecule has 8 heterocycles. The normalized spacial score (nSPS) is 25.1. The Labute approximate surface area is 304 Å². The average molecular weight is 720 g/mol. The Kier molecular flexibility index (Phi) is 7.36. The van der Waals surface area contributed by atoms with Crippen LogP contribution in [-0.2, 0) is 29.4 Å². The highest BCUT2D eigenvalue weighted by molar-refractivity contribution is 7.16. The number of likely N-dealkylation sites (N-methyl/N-ethyl adjacent to an activating group) is 1. The fraction of sp³-hybridized carbons (Fsp3) is 0.541. The van der Waals surface area contributed by atoms with E-state index in [1.54, 1.807) is 4.68 Å². The molecule has 2 N–H and O–H groups in total. The molecule has 15 heteroatoms. The highest BCUT2D eigenvalue weighted by Gasteiger charge is 2.49. The lowest BCUT2D eigenvalue weighted by molar-refractivity contribution is 0.0629. The van der Waals surface area contributed by atoms with Gasteiger partial charge in [-0.05, 0) is 90.3 Å². The third kappa shape index (κ3) is 4.59. The Balaban J connectivity index is 1.13. The fourth-order valence-corrected chi connectivity index (χ4v) is 11.1. The van der Waals surface area contributed by atoms with E-state index >= 15 is 0 Å². The van der Waals surface area contributed by atoms with Crippen LogP contribution in [0.15, 0.2) is 16.9 Å². The Bertz CT molecular complexity index is 2290. The van der Waals surface area contributed by atoms with Gasteiger partial charge >= 0.3 is 0 Å². The summed E-state index contributed by atoms with van der Waals surface area (Å²) in [7, 11) is 2.17. The minimum absolute atomic E-state index is 0.0544. The fourth-order valence-electron chi connectivity index (χ4n) is 9.89. The first-order valence-electron chi connectivity index (χ1n) is 18.6. The summed E-state index contributed by atoms with van der Waals surface area (Å²) in [4.78, 5) is 29.7. The van der Waals surface area contributed by atoms with Gasteiger partial charge in [0.05, 0.1) is 41.3 Å². The van der Waals surface area contributed by atoms with Gasteiger partial charge in [-0.1, -0.05) is 5.16 Å². The van der Waals surface area contributed by atoms with Crippen LogP contribution in [0.25, 0.3) is 28.4 Å². The van der Waals surface area contributed by atoms with Gasteiger partial charge in [-0.25, -0.2) is 19.3 Å². The van der Waals surface area contributed by atoms with Crippen molar-refractivity contribution in [3.05, 3.63) is 51.0 Å². The van der Waals surface area contributed by atoms with E-state index in [1.165, 1.54) is 16.2 Å². The van der Waals surface area contributed by atoms with Crippen LogP contribution < -0.4 is 5.73 Å². The lowest BCUT2D eigenvalue weighted by atomic mass is 9.63. The molecular weight excluding hydrogens is 679 g/mol. The monoisotopic (exact) mass is 719 g/mol. The molecular formula is C37H41N11O3S. The van der Waals surface area contributed by atoms with Crippen molar-refractivity contribution in [1.29, 1.82) is 5.26 Å². The van der Waals surface area contributed by atoms with E-state index in [-0.39, 0.29) is 18.0 Å². The molecule has 0 radical (unpaired) electrons. The summed E-state index contributed by atoms with van der Waals surface area (Å²) in [5.74, 6) is 1.72. The number of likely N-dealkylation sites (tertiary alicyclic amines) is 1. The van der Waals surface area contributed by atoms with Crippen molar-refractivity contribution >= 4 is 33.3 Å². The van der Waals surface area contributed by atoms with Gasteiger partial charge in [0.15, 0.2) is 34.4 Å². The lowest BCUT2D eigenvalue weighted by Gasteiger charge is -2.39. The van der Waals surface area contributed by atoms with E-state index in [2.05, 4.69) is 24.9 Å². The van der Waals surface area contributed by atoms with Gasteiger partial charge in [-0.2, -0.15) is 15.5 Å². The van der Waals surface area contributed by atoms with Crippen LogP contribution in [0.1, 0.15) is 101 Å². The first-order chi connectivity index (χ1) is 25.4. The van der Waals surface area contributed by atoms with E-state index in [0.717, 1.165) is 92.2 Å². The number of ether oxygens (including phenoxy) is 1. The Morgan fingerprint density at radius 3 is 2.77 bits per heavy atom. The molecule has 2 saturated heterocycles. The summed E-state index contributed by atoms with van der Waals surface area (Å²) >= 11 is 1.53. The molecule has 3 aliphatic heterocycles. The van der Waals surface area contributed by atoms with Crippen LogP contribution in [0.4, 0.5) is 5.00 Å². The molecule has 1 amide bonds. The second kappa shape index (κ2) is 11.9. The van der Waals surface area contributed by atoms with Gasteiger partial charge in [0.2, 0.25) is 0 Å². The van der Waals surface area contributed by atoms with E-state index in [0.29, 0.717) is 71.5 Å². The minimum atomic E-state index is -0.459. The molecule has 5 aliphatic rings. The zero-order valence-corrected chi connectivity index (χ0v) is 30.3. The number of carbonyl (C=O) groups excluding carboxylic acids is 1. The molecule has 5 aromatic heterocycles. The summed E-state index contributed by atoms with van der Waals surface area (Å²) in [5, 5.41) is 26.1. The molecule has 52 heavy (non-hydrogen) atoms. The molecule has 4 unspecified atom stereocenters. The number of thiophene rings is 1. The number of rotatable bonds is 5. The number of nitrogen functional groups attached to an aromatic ring is 1. The van der Waals surface area contributed by atoms with Crippen LogP contribution in [0.2, 0.25) is 0 Å². The molecule has 5 aromatic rings. The Morgan fingerprint density at radius 1 is 1.12 bits per heavy atom. The number of nitrogens with zero attached hydrogens (tertiary/aromatic N) is 10. The van der Waals surface area contributed by atoms with Gasteiger partial charge in [-0.3, -0.25) is 4.79 Å². The van der Waals surface area contributed by atoms with Crippen LogP contribution >= 0.6 is 11.3 Å². The van der Waals surface area contributed by atoms with Crippen molar-refractivity contribution in [1.82, 2.24) is 44.5 Å². The number of fused-ring (bicyclic) bond motifs is 6. The first kappa shape index (κ1) is 32.0. The average Bonchev–Trinajstić information content (AvgIpc) is 4.00. The number of hydrogen-bond donors (Lipinski definition) is 1. The molecule has 14 nitrogen and oxygen atoms in total. The van der Waals surface area contributed by atoms with Gasteiger partial charge in [-0.15, -0.1) is 11.3 Å². The summed E-state index contributed by atoms with van der Waals surface area (Å²) in [6.45, 7) is 5.13. The predicted octanol–water partition coefficient (Wildman–Crippen LogP) is 4.58. The van der Waals surface area contributed by atoms with Crippen molar-refractivity contribution < 1.29 is 14.1 Å². The molecule has 1 spiro atoms. The number of nitrogens with two attached hydrogens (primary N) is 1. The quantitative estimate of drug-likeness (QED) is 0.270. The van der Waals surface area contributed by atoms with Crippen LogP contribution in [0.3, 0.4) is 0 Å². The van der Waals surface area contributed by atoms with E-state index in [9.17, 15) is 10.1 Å². The number of aromatic nitrogens is 7. The third-order valence-corrected chi connectivity index (χ3v) is 13.5. The molecule has 2 aliphatic carbocycles. The van der Waals surface area contributed by atoms with Gasteiger partial charge in [0.25, 0.3) is 5.91 Å². The zero-order chi connectivity index (χ0) is 35.3. The molecule has 0 bridgehead atoms. The minimum Gasteiger partial charge on any atom is -0.389 e. The number of nitriles is 1. The Hall–Kier alpha value is -4.65. The molecule has 0 saturated carbocycles. The summed E-state index contributed by atoms with van der Waals surface area (Å²) < 4.78 is 15.7. The summed E-state index contributed by atoms with van der Waals surface area (Å²) in [5.41, 5.74) is 11.2. The first-order valence-corrected chi connectivity index (χ1v) is 19.4. The highest BCUT2D eigenvalue weighted by atomic mass is 32.1. The van der Waals surface area contributed by atoms with Crippen molar-refractivity contribution in [3.8, 4) is 23.4 Å². The number of carbonyl (C=O) groups is 1. The number of amides is 1. The smallest absolute Gasteiger partial charge is 0.274 e. The van der Waals surface area contributed by atoms with E-state index < -0.39 is 5.41 Å². The number of aryl methyl sites for hydroxylation is 1. The van der Waals surface area contributed by atoms with Gasteiger partial charge in [0.1, 0.15) is 11.1 Å². The van der Waals surface area contributed by atoms with Crippen molar-refractivity contribution in [3.63, 3.8) is 0 Å². The zero-order valence-electron chi connectivity index (χ0n) is 29.5. The second-order valence-corrected chi connectivity index (χ2v) is 16.4. The summed E-state index contributed by atoms with van der Waals surface area (Å²) in [6, 6.07) is 2.86. The molecule has 0 aromatic carbocycles. The van der Waals surface area contributed by atoms with Gasteiger partial charge < -0.3 is 24.8 Å². The maximum Gasteiger partial charge on any atom is 0.274 e. The van der Waals surface area contributed by atoms with Crippen molar-refractivity contribution in [2.24, 2.45) is 0 Å². The standard InChI is InChI=1S/C37H41N11O3S/c1-20(26-7-5-13-45(26)2)48-35-25(17-40-48)34(47-18-21-9-14-46(22-10-15-50-19-22)36(49)29(21)43-47)41-33(42-35)30-23-6-3-11-37(31(23)51-44-30)12-4-8-27-28(37)24(16-38)32(39)52-27/h17-18,20,22,26H,3-15,19,39H2,1-2H3. The lowest BCUT2D eigenvalue weighted by Crippen LogP contribution is -2.45. The van der Waals surface area contributed by atoms with Crippen LogP contribution in [0.5, 0.6) is 0 Å². The van der Waals surface area contributed by atoms with Gasteiger partial charge in [0, 0.05) is 41.4 Å². The maximum atomic E-state index is 13.8. The molecule has 10 rings (SSSR count). The van der Waals surface area contributed by atoms with E-state index in [1.807, 2.05) is 22.0 Å². The SMILES string of the molecule is CC(C1CCCN1C)n1ncc2c(-n3cc4c(n3)C(=O)N(C3CCOC3)CC4)nc(-c3noc4c3CCCC43CCCc4sc(N)c(C#N)c43)nc21. The third-order valence-electron chi connectivity index (χ3n) is 12.5. The highest BCUT2D eigenvalue weighted by Crippen LogP contribution is 2.55. The number of anilines is 1. The van der Waals surface area contributed by atoms with E-state index in [4.69, 9.17) is 40.3 Å². The molecule has 2 fully saturated rings. The maximum absolute atomic E-state index is 13.8. The predicted molar refractivity (Wildman–Crippen MR) is 192 cm³/mol. The topological polar surface area (TPSA) is 170 Å². The van der Waals surface area contributed by atoms with Crippen molar-refractivity contribution in [2.45, 2.75) is 94.7 Å². The number of hydrogen-bond acceptors (Lipinski definition) is 12. The van der Waals surface area contributed by atoms with Crippen LogP contribution in [0, 0.1) is 11.3 Å². The molecule has 4 atom stereocenters. The molecule has 268 valence electrons. The largest absolute Gasteiger partial charge is 0.389 e. The Morgan fingerprint density at radius 2 is 1.98 bits per heavy atom. The summed E-state index contributed by atoms with van der Waals surface area (Å²) in [6.07, 6.45) is 12.8. The van der Waals surface area contributed by atoms with Crippen LogP contribution in [-0.4, -0.2) is 95.8 Å². The second-order valence-electron chi connectivity index (χ2n) is 15.2. The van der Waals surface area contributed by atoms with Crippen molar-refractivity contribution in [2.75, 3.05) is 39.1 Å².